The van der Waals surface area contributed by atoms with E-state index in [9.17, 15) is 0 Å². The Morgan fingerprint density at radius 2 is 1.94 bits per heavy atom. The molecule has 0 spiro atoms. The van der Waals surface area contributed by atoms with Gasteiger partial charge in [-0.3, -0.25) is 0 Å². The van der Waals surface area contributed by atoms with Gasteiger partial charge < -0.3 is 0 Å². The van der Waals surface area contributed by atoms with E-state index >= 15 is 0 Å². The highest BCUT2D eigenvalue weighted by Gasteiger charge is 2.07. The van der Waals surface area contributed by atoms with Crippen molar-refractivity contribution in [2.75, 3.05) is 6.26 Å². The molecule has 2 aromatic carbocycles. The fraction of sp³-hybridized carbons (Fsp3) is 0.133. The van der Waals surface area contributed by atoms with Crippen LogP contribution in [0.1, 0.15) is 5.56 Å². The van der Waals surface area contributed by atoms with Gasteiger partial charge in [0.2, 0.25) is 0 Å². The molecule has 90 valence electrons. The van der Waals surface area contributed by atoms with Gasteiger partial charge in [-0.25, -0.2) is 4.98 Å². The van der Waals surface area contributed by atoms with Crippen LogP contribution < -0.4 is 0 Å². The average molecular weight is 271 g/mol. The third-order valence-electron chi connectivity index (χ3n) is 2.95. The fourth-order valence-electron chi connectivity index (χ4n) is 1.95. The molecule has 0 fully saturated rings. The lowest BCUT2D eigenvalue weighted by molar-refractivity contribution is 1.30. The molecule has 3 rings (SSSR count). The van der Waals surface area contributed by atoms with Crippen LogP contribution in [0, 0.1) is 6.92 Å². The van der Waals surface area contributed by atoms with Crippen LogP contribution in [0.5, 0.6) is 0 Å². The first-order valence-electron chi connectivity index (χ1n) is 5.78. The summed E-state index contributed by atoms with van der Waals surface area (Å²) in [5, 5.41) is 1.10. The summed E-state index contributed by atoms with van der Waals surface area (Å²) in [6.07, 6.45) is 2.12. The minimum absolute atomic E-state index is 1.09. The number of para-hydroxylation sites is 1. The minimum Gasteiger partial charge on any atom is -0.236 e. The van der Waals surface area contributed by atoms with Crippen molar-refractivity contribution in [3.8, 4) is 10.6 Å². The Kier molecular flexibility index (Phi) is 3.10. The van der Waals surface area contributed by atoms with Gasteiger partial charge in [0, 0.05) is 10.5 Å². The molecule has 18 heavy (non-hydrogen) atoms. The average Bonchev–Trinajstić information content (AvgIpc) is 2.83. The van der Waals surface area contributed by atoms with Gasteiger partial charge in [0.05, 0.1) is 10.2 Å². The van der Waals surface area contributed by atoms with E-state index in [4.69, 9.17) is 4.98 Å². The molecule has 0 N–H and O–H groups in total. The number of hydrogen-bond acceptors (Lipinski definition) is 3. The second-order valence-corrected chi connectivity index (χ2v) is 6.05. The number of benzene rings is 2. The predicted molar refractivity (Wildman–Crippen MR) is 81.6 cm³/mol. The molecule has 0 aliphatic rings. The third kappa shape index (κ3) is 2.04. The third-order valence-corrected chi connectivity index (χ3v) is 4.91. The maximum atomic E-state index is 4.70. The van der Waals surface area contributed by atoms with E-state index in [1.807, 2.05) is 6.07 Å². The number of nitrogens with zero attached hydrogens (tertiary/aromatic N) is 1. The molecule has 1 heterocycles. The maximum Gasteiger partial charge on any atom is 0.124 e. The van der Waals surface area contributed by atoms with Crippen molar-refractivity contribution >= 4 is 33.3 Å². The van der Waals surface area contributed by atoms with Gasteiger partial charge in [0.1, 0.15) is 5.01 Å². The van der Waals surface area contributed by atoms with Crippen molar-refractivity contribution in [1.82, 2.24) is 4.98 Å². The molecule has 0 unspecified atom stereocenters. The van der Waals surface area contributed by atoms with Gasteiger partial charge in [-0.05, 0) is 36.9 Å². The van der Waals surface area contributed by atoms with Gasteiger partial charge in [0.15, 0.2) is 0 Å². The molecular weight excluding hydrogens is 258 g/mol. The number of thioether (sulfide) groups is 1. The number of rotatable bonds is 2. The van der Waals surface area contributed by atoms with E-state index < -0.39 is 0 Å². The van der Waals surface area contributed by atoms with Gasteiger partial charge in [0.25, 0.3) is 0 Å². The van der Waals surface area contributed by atoms with E-state index in [1.165, 1.54) is 20.7 Å². The largest absolute Gasteiger partial charge is 0.236 e. The quantitative estimate of drug-likeness (QED) is 0.609. The summed E-state index contributed by atoms with van der Waals surface area (Å²) < 4.78 is 1.25. The van der Waals surface area contributed by atoms with Crippen molar-refractivity contribution in [2.45, 2.75) is 11.8 Å². The van der Waals surface area contributed by atoms with Gasteiger partial charge in [-0.1, -0.05) is 24.3 Å². The number of fused-ring (bicyclic) bond motifs is 1. The van der Waals surface area contributed by atoms with Crippen LogP contribution >= 0.6 is 23.1 Å². The van der Waals surface area contributed by atoms with Gasteiger partial charge >= 0.3 is 0 Å². The molecule has 0 aliphatic heterocycles. The van der Waals surface area contributed by atoms with Crippen LogP contribution in [-0.4, -0.2) is 11.2 Å². The molecule has 3 aromatic rings. The molecule has 0 amide bonds. The lowest BCUT2D eigenvalue weighted by Gasteiger charge is -2.04. The Labute approximate surface area is 115 Å². The first-order valence-corrected chi connectivity index (χ1v) is 7.82. The van der Waals surface area contributed by atoms with Crippen molar-refractivity contribution in [1.29, 1.82) is 0 Å². The SMILES string of the molecule is CSc1cc(-c2nc3ccccc3s2)ccc1C. The van der Waals surface area contributed by atoms with E-state index in [0.717, 1.165) is 10.5 Å². The van der Waals surface area contributed by atoms with Crippen LogP contribution in [0.2, 0.25) is 0 Å². The van der Waals surface area contributed by atoms with Crippen LogP contribution in [0.3, 0.4) is 0 Å². The molecule has 0 saturated carbocycles. The number of thiazole rings is 1. The second kappa shape index (κ2) is 4.75. The Morgan fingerprint density at radius 3 is 2.72 bits per heavy atom. The first kappa shape index (κ1) is 11.8. The van der Waals surface area contributed by atoms with Gasteiger partial charge in [-0.15, -0.1) is 23.1 Å². The summed E-state index contributed by atoms with van der Waals surface area (Å²) in [6.45, 7) is 2.15. The highest BCUT2D eigenvalue weighted by Crippen LogP contribution is 2.32. The lowest BCUT2D eigenvalue weighted by atomic mass is 10.1. The Hall–Kier alpha value is -1.32. The summed E-state index contributed by atoms with van der Waals surface area (Å²) in [5.74, 6) is 0. The van der Waals surface area contributed by atoms with Crippen molar-refractivity contribution in [3.05, 3.63) is 48.0 Å². The normalized spacial score (nSPS) is 11.0. The number of aromatic nitrogens is 1. The number of hydrogen-bond donors (Lipinski definition) is 0. The lowest BCUT2D eigenvalue weighted by Crippen LogP contribution is -1.81. The van der Waals surface area contributed by atoms with Crippen LogP contribution in [0.15, 0.2) is 47.4 Å². The molecule has 1 aromatic heterocycles. The van der Waals surface area contributed by atoms with Crippen molar-refractivity contribution < 1.29 is 0 Å². The molecule has 0 aliphatic carbocycles. The number of aryl methyl sites for hydroxylation is 1. The molecule has 0 saturated heterocycles. The molecule has 3 heteroatoms. The topological polar surface area (TPSA) is 12.9 Å². The highest BCUT2D eigenvalue weighted by atomic mass is 32.2. The van der Waals surface area contributed by atoms with E-state index in [0.29, 0.717) is 0 Å². The van der Waals surface area contributed by atoms with Crippen LogP contribution in [-0.2, 0) is 0 Å². The summed E-state index contributed by atoms with van der Waals surface area (Å²) in [4.78, 5) is 6.02. The van der Waals surface area contributed by atoms with E-state index in [2.05, 4.69) is 49.6 Å². The first-order chi connectivity index (χ1) is 8.78. The second-order valence-electron chi connectivity index (χ2n) is 4.17. The van der Waals surface area contributed by atoms with Crippen LogP contribution in [0.4, 0.5) is 0 Å². The Morgan fingerprint density at radius 1 is 1.11 bits per heavy atom. The minimum atomic E-state index is 1.09. The zero-order chi connectivity index (χ0) is 12.5. The zero-order valence-electron chi connectivity index (χ0n) is 10.3. The van der Waals surface area contributed by atoms with Crippen LogP contribution in [0.25, 0.3) is 20.8 Å². The molecule has 0 bridgehead atoms. The van der Waals surface area contributed by atoms with Crippen molar-refractivity contribution in [2.24, 2.45) is 0 Å². The molecule has 1 nitrogen and oxygen atoms in total. The Bertz CT molecular complexity index is 668. The summed E-state index contributed by atoms with van der Waals surface area (Å²) >= 11 is 3.54. The standard InChI is InChI=1S/C15H13NS2/c1-10-7-8-11(9-14(10)17-2)15-16-12-5-3-4-6-13(12)18-15/h3-9H,1-2H3. The van der Waals surface area contributed by atoms with Gasteiger partial charge in [-0.2, -0.15) is 0 Å². The molecular formula is C15H13NS2. The Balaban J connectivity index is 2.13. The molecule has 0 atom stereocenters. The maximum absolute atomic E-state index is 4.70. The van der Waals surface area contributed by atoms with E-state index in [1.54, 1.807) is 23.1 Å². The summed E-state index contributed by atoms with van der Waals surface area (Å²) in [5.41, 5.74) is 3.63. The highest BCUT2D eigenvalue weighted by molar-refractivity contribution is 7.98. The summed E-state index contributed by atoms with van der Waals surface area (Å²) in [7, 11) is 0. The fourth-order valence-corrected chi connectivity index (χ4v) is 3.55. The summed E-state index contributed by atoms with van der Waals surface area (Å²) in [6, 6.07) is 14.9. The molecule has 0 radical (unpaired) electrons. The zero-order valence-corrected chi connectivity index (χ0v) is 11.9. The van der Waals surface area contributed by atoms with E-state index in [-0.39, 0.29) is 0 Å². The predicted octanol–water partition coefficient (Wildman–Crippen LogP) is 4.99. The van der Waals surface area contributed by atoms with Crippen molar-refractivity contribution in [3.63, 3.8) is 0 Å². The monoisotopic (exact) mass is 271 g/mol. The smallest absolute Gasteiger partial charge is 0.124 e.